The number of nitrogens with zero attached hydrogens (tertiary/aromatic N) is 1. The van der Waals surface area contributed by atoms with E-state index in [4.69, 9.17) is 19.2 Å². The maximum atomic E-state index is 5.98. The van der Waals surface area contributed by atoms with E-state index in [0.29, 0.717) is 26.3 Å². The van der Waals surface area contributed by atoms with Crippen LogP contribution in [0, 0.1) is 6.92 Å². The molecule has 0 atom stereocenters. The minimum Gasteiger partial charge on any atom is -0.496 e. The van der Waals surface area contributed by atoms with Crippen molar-refractivity contribution in [1.29, 1.82) is 0 Å². The van der Waals surface area contributed by atoms with Crippen molar-refractivity contribution in [3.8, 4) is 11.5 Å². The van der Waals surface area contributed by atoms with E-state index in [9.17, 15) is 0 Å². The predicted molar refractivity (Wildman–Crippen MR) is 133 cm³/mol. The zero-order valence-corrected chi connectivity index (χ0v) is 20.7. The van der Waals surface area contributed by atoms with Gasteiger partial charge in [-0.15, -0.1) is 24.0 Å². The van der Waals surface area contributed by atoms with E-state index in [1.165, 1.54) is 5.56 Å². The van der Waals surface area contributed by atoms with Crippen LogP contribution in [0.15, 0.2) is 47.5 Å². The molecule has 166 valence electrons. The SMILES string of the molecule is CCNC(=NCc1ccccc1OC)NCc1ccc(C)cc1OCCCOC.I. The molecule has 0 aliphatic carbocycles. The van der Waals surface area contributed by atoms with Gasteiger partial charge in [0.1, 0.15) is 11.5 Å². The maximum absolute atomic E-state index is 5.98. The standard InChI is InChI=1S/C23H33N3O3.HI/c1-5-24-23(25-16-19-9-6-7-10-21(19)28-4)26-17-20-12-11-18(2)15-22(20)29-14-8-13-27-3;/h6-7,9-12,15H,5,8,13-14,16-17H2,1-4H3,(H2,24,25,26);1H. The van der Waals surface area contributed by atoms with E-state index in [1.807, 2.05) is 24.3 Å². The minimum atomic E-state index is 0. The molecule has 0 saturated heterocycles. The summed E-state index contributed by atoms with van der Waals surface area (Å²) in [6.07, 6.45) is 0.861. The normalized spacial score (nSPS) is 10.9. The van der Waals surface area contributed by atoms with Crippen molar-refractivity contribution >= 4 is 29.9 Å². The third-order valence-corrected chi connectivity index (χ3v) is 4.36. The molecule has 0 heterocycles. The molecular weight excluding hydrogens is 493 g/mol. The second-order valence-corrected chi connectivity index (χ2v) is 6.67. The lowest BCUT2D eigenvalue weighted by molar-refractivity contribution is 0.172. The fraction of sp³-hybridized carbons (Fsp3) is 0.435. The first-order valence-corrected chi connectivity index (χ1v) is 10.0. The van der Waals surface area contributed by atoms with Crippen LogP contribution in [0.4, 0.5) is 0 Å². The molecule has 0 aliphatic heterocycles. The topological polar surface area (TPSA) is 64.1 Å². The van der Waals surface area contributed by atoms with E-state index in [0.717, 1.165) is 41.6 Å². The Kier molecular flexibility index (Phi) is 12.9. The number of para-hydroxylation sites is 1. The summed E-state index contributed by atoms with van der Waals surface area (Å²) in [6, 6.07) is 14.2. The summed E-state index contributed by atoms with van der Waals surface area (Å²) in [5.41, 5.74) is 3.31. The molecule has 2 rings (SSSR count). The molecule has 2 aromatic rings. The summed E-state index contributed by atoms with van der Waals surface area (Å²) < 4.78 is 16.5. The van der Waals surface area contributed by atoms with Gasteiger partial charge in [-0.2, -0.15) is 0 Å². The number of hydrogen-bond acceptors (Lipinski definition) is 4. The van der Waals surface area contributed by atoms with Crippen LogP contribution in [-0.2, 0) is 17.8 Å². The Morgan fingerprint density at radius 3 is 2.50 bits per heavy atom. The smallest absolute Gasteiger partial charge is 0.191 e. The van der Waals surface area contributed by atoms with Crippen molar-refractivity contribution in [2.75, 3.05) is 34.0 Å². The Morgan fingerprint density at radius 1 is 0.967 bits per heavy atom. The number of rotatable bonds is 11. The highest BCUT2D eigenvalue weighted by molar-refractivity contribution is 14.0. The minimum absolute atomic E-state index is 0. The van der Waals surface area contributed by atoms with Crippen LogP contribution in [-0.4, -0.2) is 39.9 Å². The molecule has 0 radical (unpaired) electrons. The zero-order chi connectivity index (χ0) is 20.9. The summed E-state index contributed by atoms with van der Waals surface area (Å²) in [7, 11) is 3.38. The molecule has 0 saturated carbocycles. The van der Waals surface area contributed by atoms with Gasteiger partial charge in [0.05, 0.1) is 20.3 Å². The van der Waals surface area contributed by atoms with Gasteiger partial charge in [0.2, 0.25) is 0 Å². The Morgan fingerprint density at radius 2 is 1.77 bits per heavy atom. The molecule has 0 aliphatic rings. The summed E-state index contributed by atoms with van der Waals surface area (Å²) in [4.78, 5) is 4.70. The molecule has 2 aromatic carbocycles. The first kappa shape index (κ1) is 26.0. The van der Waals surface area contributed by atoms with E-state index in [-0.39, 0.29) is 24.0 Å². The van der Waals surface area contributed by atoms with Gasteiger partial charge in [-0.1, -0.05) is 30.3 Å². The molecule has 30 heavy (non-hydrogen) atoms. The number of hydrogen-bond donors (Lipinski definition) is 2. The van der Waals surface area contributed by atoms with Gasteiger partial charge in [-0.25, -0.2) is 4.99 Å². The largest absolute Gasteiger partial charge is 0.496 e. The Labute approximate surface area is 197 Å². The van der Waals surface area contributed by atoms with Gasteiger partial charge in [0.25, 0.3) is 0 Å². The van der Waals surface area contributed by atoms with Gasteiger partial charge in [-0.05, 0) is 31.5 Å². The average Bonchev–Trinajstić information content (AvgIpc) is 2.74. The molecule has 0 spiro atoms. The average molecular weight is 527 g/mol. The first-order chi connectivity index (χ1) is 14.2. The van der Waals surface area contributed by atoms with Crippen molar-refractivity contribution in [2.24, 2.45) is 4.99 Å². The Bertz CT molecular complexity index is 784. The molecule has 0 fully saturated rings. The third kappa shape index (κ3) is 8.79. The fourth-order valence-electron chi connectivity index (χ4n) is 2.85. The van der Waals surface area contributed by atoms with Crippen molar-refractivity contribution in [1.82, 2.24) is 10.6 Å². The molecule has 0 unspecified atom stereocenters. The predicted octanol–water partition coefficient (Wildman–Crippen LogP) is 4.29. The fourth-order valence-corrected chi connectivity index (χ4v) is 2.85. The summed E-state index contributed by atoms with van der Waals surface area (Å²) in [5, 5.41) is 6.69. The first-order valence-electron chi connectivity index (χ1n) is 10.0. The third-order valence-electron chi connectivity index (χ3n) is 4.36. The monoisotopic (exact) mass is 527 g/mol. The Balaban J connectivity index is 0.00000450. The quantitative estimate of drug-likeness (QED) is 0.198. The van der Waals surface area contributed by atoms with Gasteiger partial charge >= 0.3 is 0 Å². The highest BCUT2D eigenvalue weighted by Crippen LogP contribution is 2.21. The Hall–Kier alpha value is -2.00. The number of aliphatic imine (C=N–C) groups is 1. The second-order valence-electron chi connectivity index (χ2n) is 6.67. The van der Waals surface area contributed by atoms with Crippen LogP contribution >= 0.6 is 24.0 Å². The van der Waals surface area contributed by atoms with E-state index >= 15 is 0 Å². The van der Waals surface area contributed by atoms with Crippen molar-refractivity contribution in [3.05, 3.63) is 59.2 Å². The highest BCUT2D eigenvalue weighted by atomic mass is 127. The molecule has 7 heteroatoms. The van der Waals surface area contributed by atoms with E-state index in [1.54, 1.807) is 14.2 Å². The number of guanidine groups is 1. The number of benzene rings is 2. The second kappa shape index (κ2) is 14.9. The summed E-state index contributed by atoms with van der Waals surface area (Å²) in [6.45, 7) is 7.39. The summed E-state index contributed by atoms with van der Waals surface area (Å²) >= 11 is 0. The van der Waals surface area contributed by atoms with Crippen LogP contribution in [0.25, 0.3) is 0 Å². The van der Waals surface area contributed by atoms with Crippen molar-refractivity contribution in [2.45, 2.75) is 33.4 Å². The molecule has 2 N–H and O–H groups in total. The van der Waals surface area contributed by atoms with Gasteiger partial charge < -0.3 is 24.8 Å². The van der Waals surface area contributed by atoms with Crippen LogP contribution in [0.2, 0.25) is 0 Å². The molecule has 0 bridgehead atoms. The summed E-state index contributed by atoms with van der Waals surface area (Å²) in [5.74, 6) is 2.50. The molecule has 0 amide bonds. The lowest BCUT2D eigenvalue weighted by Crippen LogP contribution is -2.36. The lowest BCUT2D eigenvalue weighted by atomic mass is 10.1. The van der Waals surface area contributed by atoms with Crippen LogP contribution in [0.3, 0.4) is 0 Å². The molecule has 6 nitrogen and oxygen atoms in total. The molecule has 0 aromatic heterocycles. The van der Waals surface area contributed by atoms with E-state index in [2.05, 4.69) is 42.7 Å². The van der Waals surface area contributed by atoms with Crippen LogP contribution in [0.5, 0.6) is 11.5 Å². The van der Waals surface area contributed by atoms with E-state index < -0.39 is 0 Å². The number of nitrogens with one attached hydrogen (secondary N) is 2. The van der Waals surface area contributed by atoms with Crippen molar-refractivity contribution < 1.29 is 14.2 Å². The van der Waals surface area contributed by atoms with Gasteiger partial charge in [0, 0.05) is 44.4 Å². The lowest BCUT2D eigenvalue weighted by Gasteiger charge is -2.15. The van der Waals surface area contributed by atoms with Gasteiger partial charge in [-0.3, -0.25) is 0 Å². The van der Waals surface area contributed by atoms with Crippen molar-refractivity contribution in [3.63, 3.8) is 0 Å². The van der Waals surface area contributed by atoms with Crippen LogP contribution in [0.1, 0.15) is 30.0 Å². The maximum Gasteiger partial charge on any atom is 0.191 e. The number of halogens is 1. The number of methoxy groups -OCH3 is 2. The molecular formula is C23H34IN3O3. The number of aryl methyl sites for hydroxylation is 1. The van der Waals surface area contributed by atoms with Crippen LogP contribution < -0.4 is 20.1 Å². The highest BCUT2D eigenvalue weighted by Gasteiger charge is 2.07. The number of ether oxygens (including phenoxy) is 3. The van der Waals surface area contributed by atoms with Gasteiger partial charge in [0.15, 0.2) is 5.96 Å². The zero-order valence-electron chi connectivity index (χ0n) is 18.4.